The number of hydrogen-bond acceptors (Lipinski definition) is 4. The zero-order valence-corrected chi connectivity index (χ0v) is 9.99. The predicted octanol–water partition coefficient (Wildman–Crippen LogP) is 1.70. The zero-order valence-electron chi connectivity index (χ0n) is 9.24. The minimum atomic E-state index is -0.539. The van der Waals surface area contributed by atoms with E-state index < -0.39 is 6.09 Å². The summed E-state index contributed by atoms with van der Waals surface area (Å²) in [4.78, 5) is 15.2. The Bertz CT molecular complexity index is 462. The van der Waals surface area contributed by atoms with Crippen molar-refractivity contribution in [3.05, 3.63) is 34.9 Å². The van der Waals surface area contributed by atoms with Crippen molar-refractivity contribution in [3.63, 3.8) is 0 Å². The van der Waals surface area contributed by atoms with Gasteiger partial charge in [-0.05, 0) is 17.7 Å². The quantitative estimate of drug-likeness (QED) is 0.801. The van der Waals surface area contributed by atoms with E-state index in [1.807, 2.05) is 24.3 Å². The van der Waals surface area contributed by atoms with Crippen LogP contribution in [0.3, 0.4) is 0 Å². The second-order valence-electron chi connectivity index (χ2n) is 3.56. The molecule has 0 fully saturated rings. The van der Waals surface area contributed by atoms with Crippen LogP contribution in [0.4, 0.5) is 4.79 Å². The van der Waals surface area contributed by atoms with E-state index in [9.17, 15) is 4.79 Å². The second-order valence-corrected chi connectivity index (χ2v) is 3.99. The van der Waals surface area contributed by atoms with Crippen LogP contribution >= 0.6 is 11.6 Å². The Morgan fingerprint density at radius 3 is 3.18 bits per heavy atom. The summed E-state index contributed by atoms with van der Waals surface area (Å²) in [6, 6.07) is 7.55. The number of nitrogens with one attached hydrogen (secondary N) is 2. The summed E-state index contributed by atoms with van der Waals surface area (Å²) in [7, 11) is 1.30. The van der Waals surface area contributed by atoms with Crippen LogP contribution in [0.25, 0.3) is 0 Å². The summed E-state index contributed by atoms with van der Waals surface area (Å²) in [6.45, 7) is 0.555. The van der Waals surface area contributed by atoms with Gasteiger partial charge in [-0.3, -0.25) is 10.3 Å². The van der Waals surface area contributed by atoms with Gasteiger partial charge in [-0.2, -0.15) is 0 Å². The topological polar surface area (TPSA) is 62.7 Å². The van der Waals surface area contributed by atoms with E-state index >= 15 is 0 Å². The molecule has 0 saturated heterocycles. The lowest BCUT2D eigenvalue weighted by Crippen LogP contribution is -2.39. The van der Waals surface area contributed by atoms with Gasteiger partial charge in [0, 0.05) is 5.02 Å². The van der Waals surface area contributed by atoms with Gasteiger partial charge in [0.25, 0.3) is 0 Å². The van der Waals surface area contributed by atoms with Gasteiger partial charge in [0.2, 0.25) is 5.96 Å². The normalized spacial score (nSPS) is 18.2. The number of ether oxygens (including phenoxy) is 1. The standard InChI is InChI=1S/C11H12ClN3O2/c1-17-11(16)15-10-13-6-9(14-10)7-3-2-4-8(12)5-7/h2-5,9H,6H2,1H3,(H2,13,14,15,16). The number of methoxy groups -OCH3 is 1. The number of alkyl carbamates (subject to hydrolysis) is 1. The van der Waals surface area contributed by atoms with Crippen molar-refractivity contribution in [1.82, 2.24) is 10.6 Å². The Morgan fingerprint density at radius 1 is 1.65 bits per heavy atom. The molecule has 1 aromatic carbocycles. The summed E-state index contributed by atoms with van der Waals surface area (Å²) in [5, 5.41) is 6.25. The molecule has 90 valence electrons. The van der Waals surface area contributed by atoms with Crippen molar-refractivity contribution in [2.75, 3.05) is 13.7 Å². The van der Waals surface area contributed by atoms with Gasteiger partial charge in [-0.1, -0.05) is 23.7 Å². The molecule has 1 aliphatic rings. The van der Waals surface area contributed by atoms with E-state index in [0.29, 0.717) is 17.5 Å². The third-order valence-electron chi connectivity index (χ3n) is 2.40. The largest absolute Gasteiger partial charge is 0.453 e. The van der Waals surface area contributed by atoms with E-state index in [-0.39, 0.29) is 6.04 Å². The van der Waals surface area contributed by atoms with Crippen molar-refractivity contribution in [2.24, 2.45) is 4.99 Å². The first-order chi connectivity index (χ1) is 8.19. The average Bonchev–Trinajstić information content (AvgIpc) is 2.77. The Kier molecular flexibility index (Phi) is 3.49. The first-order valence-corrected chi connectivity index (χ1v) is 5.48. The molecule has 6 heteroatoms. The SMILES string of the molecule is COC(=O)NC1=NCC(c2cccc(Cl)c2)N1. The number of nitrogens with zero attached hydrogens (tertiary/aromatic N) is 1. The molecule has 1 atom stereocenters. The maximum absolute atomic E-state index is 11.0. The van der Waals surface area contributed by atoms with Crippen molar-refractivity contribution in [2.45, 2.75) is 6.04 Å². The van der Waals surface area contributed by atoms with E-state index in [1.165, 1.54) is 7.11 Å². The van der Waals surface area contributed by atoms with Crippen molar-refractivity contribution in [3.8, 4) is 0 Å². The molecule has 0 bridgehead atoms. The third kappa shape index (κ3) is 2.88. The molecule has 1 amide bonds. The third-order valence-corrected chi connectivity index (χ3v) is 2.63. The molecule has 1 heterocycles. The summed E-state index contributed by atoms with van der Waals surface area (Å²) < 4.78 is 4.48. The fraction of sp³-hybridized carbons (Fsp3) is 0.273. The number of rotatable bonds is 1. The van der Waals surface area contributed by atoms with E-state index in [2.05, 4.69) is 20.4 Å². The Balaban J connectivity index is 1.98. The van der Waals surface area contributed by atoms with Crippen molar-refractivity contribution < 1.29 is 9.53 Å². The molecule has 0 radical (unpaired) electrons. The molecule has 2 N–H and O–H groups in total. The average molecular weight is 254 g/mol. The first kappa shape index (κ1) is 11.7. The lowest BCUT2D eigenvalue weighted by Gasteiger charge is -2.12. The predicted molar refractivity (Wildman–Crippen MR) is 65.2 cm³/mol. The van der Waals surface area contributed by atoms with Gasteiger partial charge in [-0.25, -0.2) is 4.79 Å². The van der Waals surface area contributed by atoms with Gasteiger partial charge in [-0.15, -0.1) is 0 Å². The summed E-state index contributed by atoms with van der Waals surface area (Å²) in [6.07, 6.45) is -0.539. The maximum Gasteiger partial charge on any atom is 0.413 e. The number of hydrogen-bond donors (Lipinski definition) is 2. The van der Waals surface area contributed by atoms with Crippen molar-refractivity contribution >= 4 is 23.7 Å². The smallest absolute Gasteiger partial charge is 0.413 e. The first-order valence-electron chi connectivity index (χ1n) is 5.10. The van der Waals surface area contributed by atoms with Crippen LogP contribution < -0.4 is 10.6 Å². The molecule has 0 aliphatic carbocycles. The molecular weight excluding hydrogens is 242 g/mol. The second kappa shape index (κ2) is 5.05. The molecule has 0 aromatic heterocycles. The molecular formula is C11H12ClN3O2. The molecule has 1 aromatic rings. The fourth-order valence-corrected chi connectivity index (χ4v) is 1.77. The fourth-order valence-electron chi connectivity index (χ4n) is 1.57. The highest BCUT2D eigenvalue weighted by atomic mass is 35.5. The Hall–Kier alpha value is -1.75. The number of amides is 1. The monoisotopic (exact) mass is 253 g/mol. The van der Waals surface area contributed by atoms with Gasteiger partial charge >= 0.3 is 6.09 Å². The molecule has 0 spiro atoms. The molecule has 17 heavy (non-hydrogen) atoms. The minimum Gasteiger partial charge on any atom is -0.453 e. The molecule has 1 unspecified atom stereocenters. The number of halogens is 1. The van der Waals surface area contributed by atoms with Crippen LogP contribution in [0.2, 0.25) is 5.02 Å². The maximum atomic E-state index is 11.0. The van der Waals surface area contributed by atoms with Crippen LogP contribution in [-0.4, -0.2) is 25.7 Å². The lowest BCUT2D eigenvalue weighted by molar-refractivity contribution is 0.176. The molecule has 0 saturated carbocycles. The van der Waals surface area contributed by atoms with Crippen LogP contribution in [0.15, 0.2) is 29.3 Å². The van der Waals surface area contributed by atoms with Crippen LogP contribution in [-0.2, 0) is 4.74 Å². The number of benzene rings is 1. The lowest BCUT2D eigenvalue weighted by atomic mass is 10.1. The van der Waals surface area contributed by atoms with E-state index in [4.69, 9.17) is 11.6 Å². The summed E-state index contributed by atoms with van der Waals surface area (Å²) in [5.41, 5.74) is 1.03. The number of guanidine groups is 1. The highest BCUT2D eigenvalue weighted by Crippen LogP contribution is 2.20. The van der Waals surface area contributed by atoms with Crippen LogP contribution in [0.5, 0.6) is 0 Å². The highest BCUT2D eigenvalue weighted by molar-refractivity contribution is 6.30. The molecule has 5 nitrogen and oxygen atoms in total. The Morgan fingerprint density at radius 2 is 2.47 bits per heavy atom. The number of carbonyl (C=O) groups excluding carboxylic acids is 1. The summed E-state index contributed by atoms with van der Waals surface area (Å²) >= 11 is 5.91. The molecule has 2 rings (SSSR count). The van der Waals surface area contributed by atoms with Gasteiger partial charge in [0.05, 0.1) is 19.7 Å². The summed E-state index contributed by atoms with van der Waals surface area (Å²) in [5.74, 6) is 0.418. The zero-order chi connectivity index (χ0) is 12.3. The number of carbonyl (C=O) groups is 1. The van der Waals surface area contributed by atoms with Gasteiger partial charge < -0.3 is 10.1 Å². The Labute approximate surface area is 104 Å². The minimum absolute atomic E-state index is 0.0286. The molecule has 1 aliphatic heterocycles. The van der Waals surface area contributed by atoms with Crippen LogP contribution in [0, 0.1) is 0 Å². The van der Waals surface area contributed by atoms with E-state index in [0.717, 1.165) is 5.56 Å². The highest BCUT2D eigenvalue weighted by Gasteiger charge is 2.20. The van der Waals surface area contributed by atoms with Crippen molar-refractivity contribution in [1.29, 1.82) is 0 Å². The van der Waals surface area contributed by atoms with Gasteiger partial charge in [0.15, 0.2) is 0 Å². The van der Waals surface area contributed by atoms with Gasteiger partial charge in [0.1, 0.15) is 0 Å². The number of aliphatic imine (C=N–C) groups is 1. The van der Waals surface area contributed by atoms with Crippen LogP contribution in [0.1, 0.15) is 11.6 Å². The van der Waals surface area contributed by atoms with E-state index in [1.54, 1.807) is 0 Å².